The molecule has 0 fully saturated rings. The number of nitrogens with two attached hydrogens (primary N) is 1. The highest BCUT2D eigenvalue weighted by atomic mass is 16.4. The second kappa shape index (κ2) is 7.61. The fourth-order valence-electron chi connectivity index (χ4n) is 1.96. The van der Waals surface area contributed by atoms with Crippen molar-refractivity contribution in [2.45, 2.75) is 46.1 Å². The Morgan fingerprint density at radius 1 is 1.53 bits per heavy atom. The number of hydrogen-bond acceptors (Lipinski definition) is 4. The molecule has 3 N–H and O–H groups in total. The highest BCUT2D eigenvalue weighted by molar-refractivity contribution is 6.01. The molecule has 0 bridgehead atoms. The van der Waals surface area contributed by atoms with E-state index in [0.717, 1.165) is 31.6 Å². The number of aromatic nitrogens is 1. The third kappa shape index (κ3) is 3.84. The summed E-state index contributed by atoms with van der Waals surface area (Å²) in [6.07, 6.45) is 4.98. The zero-order valence-corrected chi connectivity index (χ0v) is 12.0. The summed E-state index contributed by atoms with van der Waals surface area (Å²) in [4.78, 5) is 6.66. The van der Waals surface area contributed by atoms with E-state index in [4.69, 9.17) is 10.9 Å². The zero-order valence-electron chi connectivity index (χ0n) is 12.0. The van der Waals surface area contributed by atoms with Gasteiger partial charge in [0.25, 0.3) is 0 Å². The van der Waals surface area contributed by atoms with Gasteiger partial charge in [-0.15, -0.1) is 0 Å². The van der Waals surface area contributed by atoms with Crippen LogP contribution in [0.2, 0.25) is 0 Å². The molecule has 1 atom stereocenters. The number of amidine groups is 1. The van der Waals surface area contributed by atoms with Crippen molar-refractivity contribution < 1.29 is 5.21 Å². The van der Waals surface area contributed by atoms with Crippen LogP contribution in [0.1, 0.15) is 45.6 Å². The number of nitrogens with zero attached hydrogens (tertiary/aromatic N) is 3. The van der Waals surface area contributed by atoms with E-state index < -0.39 is 0 Å². The van der Waals surface area contributed by atoms with E-state index in [1.54, 1.807) is 12.3 Å². The second-order valence-corrected chi connectivity index (χ2v) is 4.66. The third-order valence-electron chi connectivity index (χ3n) is 3.32. The Labute approximate surface area is 115 Å². The average Bonchev–Trinajstić information content (AvgIpc) is 2.46. The van der Waals surface area contributed by atoms with Crippen molar-refractivity contribution in [1.29, 1.82) is 0 Å². The molecule has 5 nitrogen and oxygen atoms in total. The van der Waals surface area contributed by atoms with E-state index in [1.807, 2.05) is 6.07 Å². The zero-order chi connectivity index (χ0) is 14.3. The molecule has 0 amide bonds. The molecule has 0 radical (unpaired) electrons. The van der Waals surface area contributed by atoms with Crippen LogP contribution >= 0.6 is 0 Å². The maximum absolute atomic E-state index is 8.88. The van der Waals surface area contributed by atoms with Crippen LogP contribution in [-0.4, -0.2) is 28.6 Å². The van der Waals surface area contributed by atoms with Crippen molar-refractivity contribution >= 4 is 11.7 Å². The van der Waals surface area contributed by atoms with E-state index in [9.17, 15) is 0 Å². The van der Waals surface area contributed by atoms with Gasteiger partial charge in [-0.3, -0.25) is 0 Å². The number of oxime groups is 1. The maximum Gasteiger partial charge on any atom is 0.173 e. The summed E-state index contributed by atoms with van der Waals surface area (Å²) in [6, 6.07) is 4.00. The Morgan fingerprint density at radius 2 is 2.26 bits per heavy atom. The molecular formula is C14H24N4O. The molecule has 0 spiro atoms. The molecule has 1 heterocycles. The van der Waals surface area contributed by atoms with Gasteiger partial charge in [0.1, 0.15) is 5.82 Å². The summed E-state index contributed by atoms with van der Waals surface area (Å²) < 4.78 is 0. The molecule has 0 aliphatic heterocycles. The summed E-state index contributed by atoms with van der Waals surface area (Å²) in [6.45, 7) is 7.40. The van der Waals surface area contributed by atoms with E-state index >= 15 is 0 Å². The van der Waals surface area contributed by atoms with Gasteiger partial charge in [0.05, 0.1) is 5.56 Å². The van der Waals surface area contributed by atoms with Gasteiger partial charge < -0.3 is 15.8 Å². The van der Waals surface area contributed by atoms with E-state index in [1.165, 1.54) is 0 Å². The van der Waals surface area contributed by atoms with Crippen molar-refractivity contribution in [3.05, 3.63) is 23.9 Å². The van der Waals surface area contributed by atoms with Gasteiger partial charge in [-0.05, 0) is 31.9 Å². The Balaban J connectivity index is 3.14. The minimum atomic E-state index is 0.105. The highest BCUT2D eigenvalue weighted by Gasteiger charge is 2.18. The maximum atomic E-state index is 8.88. The van der Waals surface area contributed by atoms with Crippen LogP contribution in [0.5, 0.6) is 0 Å². The summed E-state index contributed by atoms with van der Waals surface area (Å²) in [5.41, 5.74) is 6.42. The van der Waals surface area contributed by atoms with Gasteiger partial charge in [-0.2, -0.15) is 0 Å². The average molecular weight is 264 g/mol. The molecule has 1 aromatic heterocycles. The first-order chi connectivity index (χ1) is 9.15. The largest absolute Gasteiger partial charge is 0.409 e. The SMILES string of the molecule is CCCCN(c1ncccc1/C(N)=N/O)C(C)CC. The lowest BCUT2D eigenvalue weighted by atomic mass is 10.1. The summed E-state index contributed by atoms with van der Waals surface area (Å²) in [5, 5.41) is 12.0. The molecule has 19 heavy (non-hydrogen) atoms. The Morgan fingerprint density at radius 3 is 2.84 bits per heavy atom. The number of rotatable bonds is 7. The first kappa shape index (κ1) is 15.3. The predicted molar refractivity (Wildman–Crippen MR) is 78.8 cm³/mol. The van der Waals surface area contributed by atoms with Crippen LogP contribution in [0.4, 0.5) is 5.82 Å². The minimum absolute atomic E-state index is 0.105. The molecule has 0 saturated heterocycles. The third-order valence-corrected chi connectivity index (χ3v) is 3.32. The molecule has 1 rings (SSSR count). The molecular weight excluding hydrogens is 240 g/mol. The van der Waals surface area contributed by atoms with E-state index in [-0.39, 0.29) is 5.84 Å². The summed E-state index contributed by atoms with van der Waals surface area (Å²) in [7, 11) is 0. The van der Waals surface area contributed by atoms with Crippen LogP contribution in [0.3, 0.4) is 0 Å². The molecule has 0 aliphatic carbocycles. The second-order valence-electron chi connectivity index (χ2n) is 4.66. The highest BCUT2D eigenvalue weighted by Crippen LogP contribution is 2.21. The molecule has 0 aliphatic rings. The minimum Gasteiger partial charge on any atom is -0.409 e. The van der Waals surface area contributed by atoms with Crippen LogP contribution in [-0.2, 0) is 0 Å². The fraction of sp³-hybridized carbons (Fsp3) is 0.571. The van der Waals surface area contributed by atoms with E-state index in [2.05, 4.69) is 35.8 Å². The van der Waals surface area contributed by atoms with Gasteiger partial charge in [-0.25, -0.2) is 4.98 Å². The lowest BCUT2D eigenvalue weighted by Crippen LogP contribution is -2.36. The number of hydrogen-bond donors (Lipinski definition) is 2. The Hall–Kier alpha value is -1.78. The summed E-state index contributed by atoms with van der Waals surface area (Å²) in [5.74, 6) is 0.897. The van der Waals surface area contributed by atoms with Crippen molar-refractivity contribution in [3.8, 4) is 0 Å². The van der Waals surface area contributed by atoms with Gasteiger partial charge in [-0.1, -0.05) is 25.4 Å². The van der Waals surface area contributed by atoms with Crippen molar-refractivity contribution in [3.63, 3.8) is 0 Å². The first-order valence-corrected chi connectivity index (χ1v) is 6.85. The molecule has 0 saturated carbocycles. The van der Waals surface area contributed by atoms with Gasteiger partial charge in [0.15, 0.2) is 5.84 Å². The Kier molecular flexibility index (Phi) is 6.12. The standard InChI is InChI=1S/C14H24N4O/c1-4-6-10-18(11(3)5-2)14-12(13(15)17-19)8-7-9-16-14/h7-9,11,19H,4-6,10H2,1-3H3,(H2,15,17). The molecule has 1 aromatic rings. The van der Waals surface area contributed by atoms with Crippen LogP contribution in [0, 0.1) is 0 Å². The fourth-order valence-corrected chi connectivity index (χ4v) is 1.96. The molecule has 106 valence electrons. The lowest BCUT2D eigenvalue weighted by Gasteiger charge is -2.31. The topological polar surface area (TPSA) is 74.7 Å². The molecule has 1 unspecified atom stereocenters. The number of pyridine rings is 1. The first-order valence-electron chi connectivity index (χ1n) is 6.85. The van der Waals surface area contributed by atoms with Gasteiger partial charge in [0, 0.05) is 18.8 Å². The van der Waals surface area contributed by atoms with Crippen molar-refractivity contribution in [2.24, 2.45) is 10.9 Å². The lowest BCUT2D eigenvalue weighted by molar-refractivity contribution is 0.318. The van der Waals surface area contributed by atoms with Crippen LogP contribution in [0.25, 0.3) is 0 Å². The quantitative estimate of drug-likeness (QED) is 0.343. The predicted octanol–water partition coefficient (Wildman–Crippen LogP) is 2.58. The van der Waals surface area contributed by atoms with Gasteiger partial charge >= 0.3 is 0 Å². The number of anilines is 1. The number of unbranched alkanes of at least 4 members (excludes halogenated alkanes) is 1. The van der Waals surface area contributed by atoms with Crippen molar-refractivity contribution in [1.82, 2.24) is 4.98 Å². The molecule has 0 aromatic carbocycles. The molecule has 5 heteroatoms. The summed E-state index contributed by atoms with van der Waals surface area (Å²) >= 11 is 0. The smallest absolute Gasteiger partial charge is 0.173 e. The normalized spacial score (nSPS) is 13.3. The Bertz CT molecular complexity index is 420. The van der Waals surface area contributed by atoms with E-state index in [0.29, 0.717) is 11.6 Å². The van der Waals surface area contributed by atoms with Crippen LogP contribution in [0.15, 0.2) is 23.5 Å². The van der Waals surface area contributed by atoms with Crippen molar-refractivity contribution in [2.75, 3.05) is 11.4 Å². The van der Waals surface area contributed by atoms with Gasteiger partial charge in [0.2, 0.25) is 0 Å². The monoisotopic (exact) mass is 264 g/mol. The van der Waals surface area contributed by atoms with Crippen LogP contribution < -0.4 is 10.6 Å².